The summed E-state index contributed by atoms with van der Waals surface area (Å²) in [6.07, 6.45) is 0.352. The van der Waals surface area contributed by atoms with Gasteiger partial charge >= 0.3 is 6.18 Å². The van der Waals surface area contributed by atoms with Crippen molar-refractivity contribution >= 4 is 23.4 Å². The van der Waals surface area contributed by atoms with Crippen molar-refractivity contribution in [3.63, 3.8) is 0 Å². The third-order valence-electron chi connectivity index (χ3n) is 8.85. The molecule has 1 saturated heterocycles. The standard InChI is InChI=1S/C31H39F4N5O4/c1-17(2)40-24(10-12-36-40)28(41)38-27(26(19-4-5-19)20-6-7-20)29(42)37-23-9-8-21(16-22(23)32)18(3)30(43)39-13-15-44-14-11-25(39)31(33,34)35/h8-10,12,16-20,25-27H,4-7,11,13-15H2,1-3H3,(H,37,42)(H,38,41)/t18-,25?,27-/m0/s1. The van der Waals surface area contributed by atoms with Crippen LogP contribution >= 0.6 is 0 Å². The molecule has 0 bridgehead atoms. The molecule has 0 radical (unpaired) electrons. The molecule has 3 amide bonds. The predicted molar refractivity (Wildman–Crippen MR) is 153 cm³/mol. The normalized spacial score (nSPS) is 20.8. The first-order chi connectivity index (χ1) is 20.9. The van der Waals surface area contributed by atoms with Gasteiger partial charge in [0.25, 0.3) is 5.91 Å². The van der Waals surface area contributed by atoms with Gasteiger partial charge in [-0.1, -0.05) is 6.07 Å². The lowest BCUT2D eigenvalue weighted by atomic mass is 9.88. The van der Waals surface area contributed by atoms with Gasteiger partial charge in [-0.3, -0.25) is 19.1 Å². The summed E-state index contributed by atoms with van der Waals surface area (Å²) in [6, 6.07) is 2.41. The lowest BCUT2D eigenvalue weighted by Crippen LogP contribution is -2.50. The highest BCUT2D eigenvalue weighted by molar-refractivity contribution is 6.01. The monoisotopic (exact) mass is 621 g/mol. The Kier molecular flexibility index (Phi) is 9.33. The summed E-state index contributed by atoms with van der Waals surface area (Å²) in [6.45, 7) is 4.85. The molecule has 2 heterocycles. The van der Waals surface area contributed by atoms with Gasteiger partial charge in [0.2, 0.25) is 11.8 Å². The van der Waals surface area contributed by atoms with Crippen LogP contribution in [-0.2, 0) is 14.3 Å². The third-order valence-corrected chi connectivity index (χ3v) is 8.85. The first-order valence-electron chi connectivity index (χ1n) is 15.3. The molecule has 1 aliphatic heterocycles. The van der Waals surface area contributed by atoms with E-state index in [0.717, 1.165) is 36.6 Å². The van der Waals surface area contributed by atoms with Crippen LogP contribution < -0.4 is 10.6 Å². The van der Waals surface area contributed by atoms with E-state index in [2.05, 4.69) is 15.7 Å². The molecule has 1 aromatic heterocycles. The number of carbonyl (C=O) groups excluding carboxylic acids is 3. The molecular weight excluding hydrogens is 582 g/mol. The SMILES string of the molecule is CC(C)n1nccc1C(=O)N[C@H](C(=O)Nc1ccc([C@H](C)C(=O)N2CCOCCC2C(F)(F)F)cc1F)C(C1CC1)C1CC1. The maximum atomic E-state index is 15.4. The van der Waals surface area contributed by atoms with Gasteiger partial charge in [-0.25, -0.2) is 4.39 Å². The zero-order chi connectivity index (χ0) is 31.8. The molecule has 3 atom stereocenters. The highest BCUT2D eigenvalue weighted by atomic mass is 19.4. The molecule has 1 unspecified atom stereocenters. The third kappa shape index (κ3) is 7.08. The van der Waals surface area contributed by atoms with Crippen LogP contribution in [0.1, 0.15) is 80.9 Å². The van der Waals surface area contributed by atoms with Crippen molar-refractivity contribution in [1.29, 1.82) is 0 Å². The van der Waals surface area contributed by atoms with E-state index in [4.69, 9.17) is 4.74 Å². The fourth-order valence-corrected chi connectivity index (χ4v) is 6.23. The molecule has 9 nitrogen and oxygen atoms in total. The zero-order valence-corrected chi connectivity index (χ0v) is 25.1. The smallest absolute Gasteiger partial charge is 0.380 e. The first kappa shape index (κ1) is 31.9. The van der Waals surface area contributed by atoms with Crippen molar-refractivity contribution in [2.75, 3.05) is 25.1 Å². The van der Waals surface area contributed by atoms with Gasteiger partial charge in [0, 0.05) is 25.4 Å². The van der Waals surface area contributed by atoms with Crippen molar-refractivity contribution < 1.29 is 36.7 Å². The average molecular weight is 622 g/mol. The lowest BCUT2D eigenvalue weighted by molar-refractivity contribution is -0.189. The van der Waals surface area contributed by atoms with Gasteiger partial charge in [0.05, 0.1) is 18.2 Å². The van der Waals surface area contributed by atoms with Crippen LogP contribution in [0.4, 0.5) is 23.2 Å². The van der Waals surface area contributed by atoms with Gasteiger partial charge in [0.15, 0.2) is 0 Å². The van der Waals surface area contributed by atoms with Crippen molar-refractivity contribution in [1.82, 2.24) is 20.0 Å². The van der Waals surface area contributed by atoms with Crippen LogP contribution in [0.15, 0.2) is 30.5 Å². The number of ether oxygens (including phenoxy) is 1. The van der Waals surface area contributed by atoms with Crippen molar-refractivity contribution in [2.45, 2.75) is 83.1 Å². The van der Waals surface area contributed by atoms with E-state index in [1.54, 1.807) is 10.7 Å². The van der Waals surface area contributed by atoms with E-state index < -0.39 is 47.7 Å². The van der Waals surface area contributed by atoms with Crippen molar-refractivity contribution in [3.8, 4) is 0 Å². The van der Waals surface area contributed by atoms with E-state index in [1.165, 1.54) is 25.3 Å². The van der Waals surface area contributed by atoms with E-state index in [-0.39, 0.29) is 61.2 Å². The van der Waals surface area contributed by atoms with E-state index in [0.29, 0.717) is 5.69 Å². The summed E-state index contributed by atoms with van der Waals surface area (Å²) in [5, 5.41) is 9.75. The topological polar surface area (TPSA) is 106 Å². The number of carbonyl (C=O) groups is 3. The molecule has 2 N–H and O–H groups in total. The number of aromatic nitrogens is 2. The minimum atomic E-state index is -4.62. The Morgan fingerprint density at radius 2 is 1.68 bits per heavy atom. The number of nitrogens with zero attached hydrogens (tertiary/aromatic N) is 3. The summed E-state index contributed by atoms with van der Waals surface area (Å²) < 4.78 is 63.2. The number of amides is 3. The fourth-order valence-electron chi connectivity index (χ4n) is 6.23. The van der Waals surface area contributed by atoms with Crippen molar-refractivity contribution in [2.24, 2.45) is 17.8 Å². The lowest BCUT2D eigenvalue weighted by Gasteiger charge is -2.33. The molecule has 0 spiro atoms. The number of benzene rings is 1. The van der Waals surface area contributed by atoms with Gasteiger partial charge < -0.3 is 20.3 Å². The molecule has 13 heteroatoms. The molecule has 1 aromatic carbocycles. The molecule has 44 heavy (non-hydrogen) atoms. The van der Waals surface area contributed by atoms with Gasteiger partial charge in [-0.05, 0) is 94.4 Å². The number of anilines is 1. The number of nitrogens with one attached hydrogen (secondary N) is 2. The van der Waals surface area contributed by atoms with Gasteiger partial charge in [0.1, 0.15) is 23.6 Å². The molecule has 5 rings (SSSR count). The van der Waals surface area contributed by atoms with Crippen LogP contribution in [0.25, 0.3) is 0 Å². The second-order valence-electron chi connectivity index (χ2n) is 12.4. The van der Waals surface area contributed by atoms with Gasteiger partial charge in [-0.15, -0.1) is 0 Å². The molecule has 240 valence electrons. The van der Waals surface area contributed by atoms with E-state index in [1.807, 2.05) is 13.8 Å². The Morgan fingerprint density at radius 3 is 2.27 bits per heavy atom. The Morgan fingerprint density at radius 1 is 1.00 bits per heavy atom. The minimum absolute atomic E-state index is 0.0232. The van der Waals surface area contributed by atoms with Crippen LogP contribution in [-0.4, -0.2) is 70.4 Å². The maximum Gasteiger partial charge on any atom is 0.408 e. The summed E-state index contributed by atoms with van der Waals surface area (Å²) in [4.78, 5) is 41.0. The summed E-state index contributed by atoms with van der Waals surface area (Å²) in [5.41, 5.74) is 0.352. The molecule has 2 aromatic rings. The molecular formula is C31H39F4N5O4. The maximum absolute atomic E-state index is 15.4. The Hall–Kier alpha value is -3.48. The second kappa shape index (κ2) is 12.9. The summed E-state index contributed by atoms with van der Waals surface area (Å²) >= 11 is 0. The number of alkyl halides is 3. The van der Waals surface area contributed by atoms with Crippen LogP contribution in [0.2, 0.25) is 0 Å². The van der Waals surface area contributed by atoms with Crippen LogP contribution in [0.3, 0.4) is 0 Å². The summed E-state index contributed by atoms with van der Waals surface area (Å²) in [5.74, 6) is -3.19. The van der Waals surface area contributed by atoms with Crippen LogP contribution in [0, 0.1) is 23.6 Å². The number of hydrogen-bond acceptors (Lipinski definition) is 5. The number of rotatable bonds is 10. The predicted octanol–water partition coefficient (Wildman–Crippen LogP) is 5.06. The zero-order valence-electron chi connectivity index (χ0n) is 25.1. The van der Waals surface area contributed by atoms with Crippen molar-refractivity contribution in [3.05, 3.63) is 47.5 Å². The average Bonchev–Trinajstić information content (AvgIpc) is 3.90. The van der Waals surface area contributed by atoms with Crippen LogP contribution in [0.5, 0.6) is 0 Å². The molecule has 2 saturated carbocycles. The largest absolute Gasteiger partial charge is 0.408 e. The molecule has 3 aliphatic rings. The summed E-state index contributed by atoms with van der Waals surface area (Å²) in [7, 11) is 0. The molecule has 3 fully saturated rings. The van der Waals surface area contributed by atoms with E-state index >= 15 is 4.39 Å². The Labute approximate surface area is 253 Å². The highest BCUT2D eigenvalue weighted by Crippen LogP contribution is 2.51. The second-order valence-corrected chi connectivity index (χ2v) is 12.4. The first-order valence-corrected chi connectivity index (χ1v) is 15.3. The Balaban J connectivity index is 1.33. The number of halogens is 4. The molecule has 2 aliphatic carbocycles. The van der Waals surface area contributed by atoms with E-state index in [9.17, 15) is 27.6 Å². The fraction of sp³-hybridized carbons (Fsp3) is 0.613. The van der Waals surface area contributed by atoms with Gasteiger partial charge in [-0.2, -0.15) is 18.3 Å². The highest BCUT2D eigenvalue weighted by Gasteiger charge is 2.49. The quantitative estimate of drug-likeness (QED) is 0.361. The number of hydrogen-bond donors (Lipinski definition) is 2. The Bertz CT molecular complexity index is 1360. The minimum Gasteiger partial charge on any atom is -0.380 e.